The standard InChI is InChI=1S/C22H31N5O2/c1-4-23-22(25-14-19-12-20(15(2)3)27-29-19)24-13-16-7-5-10-18(11-16)26-21(28)17-8-6-9-17/h5,7,10-12,15,17H,4,6,8-9,13-14H2,1-3H3,(H,26,28)(H2,23,24,25). The van der Waals surface area contributed by atoms with Crippen LogP contribution in [0.25, 0.3) is 0 Å². The normalized spacial score (nSPS) is 14.6. The summed E-state index contributed by atoms with van der Waals surface area (Å²) in [6.45, 7) is 7.99. The Balaban J connectivity index is 1.57. The van der Waals surface area contributed by atoms with Crippen LogP contribution in [0.15, 0.2) is 39.8 Å². The molecule has 3 N–H and O–H groups in total. The Morgan fingerprint density at radius 1 is 1.28 bits per heavy atom. The van der Waals surface area contributed by atoms with Crippen molar-refractivity contribution in [3.05, 3.63) is 47.3 Å². The van der Waals surface area contributed by atoms with Crippen molar-refractivity contribution in [1.82, 2.24) is 15.8 Å². The highest BCUT2D eigenvalue weighted by atomic mass is 16.5. The van der Waals surface area contributed by atoms with E-state index in [-0.39, 0.29) is 11.8 Å². The van der Waals surface area contributed by atoms with Crippen LogP contribution in [0.3, 0.4) is 0 Å². The summed E-state index contributed by atoms with van der Waals surface area (Å²) >= 11 is 0. The van der Waals surface area contributed by atoms with Gasteiger partial charge in [-0.2, -0.15) is 0 Å². The fraction of sp³-hybridized carbons (Fsp3) is 0.500. The number of nitrogens with zero attached hydrogens (tertiary/aromatic N) is 2. The maximum atomic E-state index is 12.1. The summed E-state index contributed by atoms with van der Waals surface area (Å²) in [5.74, 6) is 2.12. The zero-order chi connectivity index (χ0) is 20.6. The van der Waals surface area contributed by atoms with E-state index in [0.717, 1.165) is 48.5 Å². The number of guanidine groups is 1. The fourth-order valence-electron chi connectivity index (χ4n) is 3.03. The van der Waals surface area contributed by atoms with Gasteiger partial charge in [0, 0.05) is 24.2 Å². The summed E-state index contributed by atoms with van der Waals surface area (Å²) in [4.78, 5) is 16.8. The summed E-state index contributed by atoms with van der Waals surface area (Å²) in [7, 11) is 0. The molecule has 156 valence electrons. The van der Waals surface area contributed by atoms with Crippen molar-refractivity contribution < 1.29 is 9.32 Å². The summed E-state index contributed by atoms with van der Waals surface area (Å²) in [6, 6.07) is 9.83. The predicted molar refractivity (Wildman–Crippen MR) is 115 cm³/mol. The first-order valence-electron chi connectivity index (χ1n) is 10.4. The lowest BCUT2D eigenvalue weighted by Gasteiger charge is -2.24. The minimum atomic E-state index is 0.125. The van der Waals surface area contributed by atoms with E-state index in [1.807, 2.05) is 37.3 Å². The van der Waals surface area contributed by atoms with E-state index in [0.29, 0.717) is 25.0 Å². The van der Waals surface area contributed by atoms with Crippen LogP contribution in [0, 0.1) is 5.92 Å². The van der Waals surface area contributed by atoms with Crippen LogP contribution in [-0.4, -0.2) is 23.6 Å². The van der Waals surface area contributed by atoms with Crippen LogP contribution in [-0.2, 0) is 17.9 Å². The summed E-state index contributed by atoms with van der Waals surface area (Å²) in [6.07, 6.45) is 3.15. The number of carbonyl (C=O) groups excluding carboxylic acids is 1. The van der Waals surface area contributed by atoms with Gasteiger partial charge in [-0.25, -0.2) is 4.99 Å². The molecule has 3 rings (SSSR count). The molecule has 0 atom stereocenters. The number of aromatic nitrogens is 1. The zero-order valence-electron chi connectivity index (χ0n) is 17.5. The van der Waals surface area contributed by atoms with Gasteiger partial charge in [0.15, 0.2) is 11.7 Å². The molecule has 7 heteroatoms. The maximum Gasteiger partial charge on any atom is 0.227 e. The first kappa shape index (κ1) is 20.9. The second-order valence-corrected chi connectivity index (χ2v) is 7.74. The fourth-order valence-corrected chi connectivity index (χ4v) is 3.03. The third kappa shape index (κ3) is 6.07. The number of amides is 1. The van der Waals surface area contributed by atoms with Gasteiger partial charge < -0.3 is 20.5 Å². The average molecular weight is 398 g/mol. The highest BCUT2D eigenvalue weighted by molar-refractivity contribution is 5.93. The van der Waals surface area contributed by atoms with Gasteiger partial charge in [-0.3, -0.25) is 4.79 Å². The maximum absolute atomic E-state index is 12.1. The molecule has 0 radical (unpaired) electrons. The Hall–Kier alpha value is -2.83. The van der Waals surface area contributed by atoms with Crippen LogP contribution in [0.5, 0.6) is 0 Å². The van der Waals surface area contributed by atoms with E-state index in [2.05, 4.69) is 39.9 Å². The molecule has 1 saturated carbocycles. The first-order valence-corrected chi connectivity index (χ1v) is 10.4. The Labute approximate surface area is 172 Å². The van der Waals surface area contributed by atoms with Crippen LogP contribution < -0.4 is 16.0 Å². The van der Waals surface area contributed by atoms with Gasteiger partial charge in [-0.1, -0.05) is 37.6 Å². The third-order valence-corrected chi connectivity index (χ3v) is 5.03. The zero-order valence-corrected chi connectivity index (χ0v) is 17.5. The number of carbonyl (C=O) groups is 1. The molecule has 1 aromatic carbocycles. The van der Waals surface area contributed by atoms with E-state index < -0.39 is 0 Å². The second kappa shape index (κ2) is 10.1. The summed E-state index contributed by atoms with van der Waals surface area (Å²) in [5.41, 5.74) is 2.82. The molecule has 1 fully saturated rings. The lowest BCUT2D eigenvalue weighted by Crippen LogP contribution is -2.36. The number of hydrogen-bond acceptors (Lipinski definition) is 4. The molecule has 1 aromatic heterocycles. The van der Waals surface area contributed by atoms with E-state index in [9.17, 15) is 4.79 Å². The topological polar surface area (TPSA) is 91.5 Å². The lowest BCUT2D eigenvalue weighted by atomic mass is 9.85. The number of nitrogens with one attached hydrogen (secondary N) is 3. The summed E-state index contributed by atoms with van der Waals surface area (Å²) < 4.78 is 5.37. The molecule has 1 aliphatic rings. The van der Waals surface area contributed by atoms with Crippen molar-refractivity contribution in [2.24, 2.45) is 10.9 Å². The first-order chi connectivity index (χ1) is 14.0. The molecule has 2 aromatic rings. The third-order valence-electron chi connectivity index (χ3n) is 5.03. The largest absolute Gasteiger partial charge is 0.359 e. The minimum absolute atomic E-state index is 0.125. The van der Waals surface area contributed by atoms with Gasteiger partial charge in [-0.05, 0) is 43.4 Å². The van der Waals surface area contributed by atoms with Crippen molar-refractivity contribution in [3.8, 4) is 0 Å². The quantitative estimate of drug-likeness (QED) is 0.466. The second-order valence-electron chi connectivity index (χ2n) is 7.74. The Morgan fingerprint density at radius 2 is 2.10 bits per heavy atom. The Morgan fingerprint density at radius 3 is 2.76 bits per heavy atom. The molecular formula is C22H31N5O2. The molecule has 7 nitrogen and oxygen atoms in total. The monoisotopic (exact) mass is 397 g/mol. The molecule has 0 spiro atoms. The number of benzene rings is 1. The minimum Gasteiger partial charge on any atom is -0.359 e. The van der Waals surface area contributed by atoms with E-state index >= 15 is 0 Å². The van der Waals surface area contributed by atoms with Crippen LogP contribution in [0.2, 0.25) is 0 Å². The SMILES string of the molecule is CCNC(=NCc1cccc(NC(=O)C2CCC2)c1)NCc1cc(C(C)C)no1. The van der Waals surface area contributed by atoms with Crippen LogP contribution in [0.4, 0.5) is 5.69 Å². The molecule has 1 amide bonds. The molecule has 0 aliphatic heterocycles. The lowest BCUT2D eigenvalue weighted by molar-refractivity contribution is -0.122. The molecule has 1 heterocycles. The molecule has 0 bridgehead atoms. The predicted octanol–water partition coefficient (Wildman–Crippen LogP) is 3.79. The highest BCUT2D eigenvalue weighted by Gasteiger charge is 2.25. The Bertz CT molecular complexity index is 839. The van der Waals surface area contributed by atoms with E-state index in [4.69, 9.17) is 4.52 Å². The number of aliphatic imine (C=N–C) groups is 1. The van der Waals surface area contributed by atoms with Crippen LogP contribution in [0.1, 0.15) is 63.0 Å². The van der Waals surface area contributed by atoms with Gasteiger partial charge in [0.2, 0.25) is 5.91 Å². The van der Waals surface area contributed by atoms with Crippen LogP contribution >= 0.6 is 0 Å². The van der Waals surface area contributed by atoms with Crippen molar-refractivity contribution in [3.63, 3.8) is 0 Å². The van der Waals surface area contributed by atoms with Gasteiger partial charge in [-0.15, -0.1) is 0 Å². The molecule has 1 aliphatic carbocycles. The molecular weight excluding hydrogens is 366 g/mol. The summed E-state index contributed by atoms with van der Waals surface area (Å²) in [5, 5.41) is 13.6. The van der Waals surface area contributed by atoms with Gasteiger partial charge in [0.05, 0.1) is 18.8 Å². The number of rotatable bonds is 8. The Kier molecular flexibility index (Phi) is 7.27. The van der Waals surface area contributed by atoms with Gasteiger partial charge >= 0.3 is 0 Å². The highest BCUT2D eigenvalue weighted by Crippen LogP contribution is 2.27. The molecule has 0 saturated heterocycles. The van der Waals surface area contributed by atoms with E-state index in [1.165, 1.54) is 0 Å². The van der Waals surface area contributed by atoms with Gasteiger partial charge in [0.25, 0.3) is 0 Å². The van der Waals surface area contributed by atoms with Gasteiger partial charge in [0.1, 0.15) is 0 Å². The smallest absolute Gasteiger partial charge is 0.227 e. The van der Waals surface area contributed by atoms with Crippen molar-refractivity contribution in [2.45, 2.75) is 59.0 Å². The number of anilines is 1. The van der Waals surface area contributed by atoms with E-state index in [1.54, 1.807) is 0 Å². The number of hydrogen-bond donors (Lipinski definition) is 3. The van der Waals surface area contributed by atoms with Crippen molar-refractivity contribution in [1.29, 1.82) is 0 Å². The average Bonchev–Trinajstić information content (AvgIpc) is 3.12. The molecule has 0 unspecified atom stereocenters. The van der Waals surface area contributed by atoms with Crippen molar-refractivity contribution in [2.75, 3.05) is 11.9 Å². The van der Waals surface area contributed by atoms with Crippen molar-refractivity contribution >= 4 is 17.6 Å². The molecule has 29 heavy (non-hydrogen) atoms.